The van der Waals surface area contributed by atoms with E-state index in [-0.39, 0.29) is 5.92 Å². The Morgan fingerprint density at radius 3 is 2.55 bits per heavy atom. The van der Waals surface area contributed by atoms with Gasteiger partial charge in [-0.2, -0.15) is 5.10 Å². The van der Waals surface area contributed by atoms with Gasteiger partial charge in [0.1, 0.15) is 12.0 Å². The molecule has 0 N–H and O–H groups in total. The van der Waals surface area contributed by atoms with Crippen LogP contribution in [0.3, 0.4) is 0 Å². The Morgan fingerprint density at radius 1 is 0.947 bits per heavy atom. The fraction of sp³-hybridized carbons (Fsp3) is 0.467. The van der Waals surface area contributed by atoms with Crippen molar-refractivity contribution in [3.8, 4) is 11.1 Å². The number of pyridine rings is 1. The summed E-state index contributed by atoms with van der Waals surface area (Å²) in [5, 5.41) is 6.80. The van der Waals surface area contributed by atoms with E-state index in [4.69, 9.17) is 4.42 Å². The number of piperidine rings is 2. The van der Waals surface area contributed by atoms with Crippen LogP contribution in [-0.2, 0) is 31.4 Å². The first-order chi connectivity index (χ1) is 18.6. The van der Waals surface area contributed by atoms with Gasteiger partial charge in [-0.25, -0.2) is 4.98 Å². The first kappa shape index (κ1) is 24.9. The van der Waals surface area contributed by atoms with Crippen LogP contribution in [0.5, 0.6) is 0 Å². The summed E-state index contributed by atoms with van der Waals surface area (Å²) in [5.74, 6) is 1.12. The van der Waals surface area contributed by atoms with Gasteiger partial charge in [0, 0.05) is 48.8 Å². The molecule has 0 spiro atoms. The third-order valence-electron chi connectivity index (χ3n) is 8.21. The van der Waals surface area contributed by atoms with Crippen LogP contribution < -0.4 is 0 Å². The summed E-state index contributed by atoms with van der Waals surface area (Å²) in [6.07, 6.45) is 13.2. The lowest BCUT2D eigenvalue weighted by molar-refractivity contribution is -0.123. The highest BCUT2D eigenvalue weighted by Gasteiger charge is 2.26. The summed E-state index contributed by atoms with van der Waals surface area (Å²) in [4.78, 5) is 26.8. The van der Waals surface area contributed by atoms with E-state index in [2.05, 4.69) is 49.1 Å². The summed E-state index contributed by atoms with van der Waals surface area (Å²) >= 11 is 0. The van der Waals surface area contributed by atoms with E-state index < -0.39 is 0 Å². The third-order valence-corrected chi connectivity index (χ3v) is 8.21. The van der Waals surface area contributed by atoms with E-state index >= 15 is 0 Å². The highest BCUT2D eigenvalue weighted by molar-refractivity contribution is 5.89. The molecule has 0 bridgehead atoms. The quantitative estimate of drug-likeness (QED) is 0.340. The van der Waals surface area contributed by atoms with Crippen molar-refractivity contribution in [1.82, 2.24) is 29.5 Å². The first-order valence-electron chi connectivity index (χ1n) is 13.9. The fourth-order valence-electron chi connectivity index (χ4n) is 5.93. The van der Waals surface area contributed by atoms with Crippen LogP contribution in [0.15, 0.2) is 53.5 Å². The van der Waals surface area contributed by atoms with E-state index in [0.29, 0.717) is 18.7 Å². The molecule has 38 heavy (non-hydrogen) atoms. The van der Waals surface area contributed by atoms with Crippen molar-refractivity contribution < 1.29 is 9.21 Å². The minimum atomic E-state index is 0.0902. The molecule has 0 amide bonds. The fourth-order valence-corrected chi connectivity index (χ4v) is 5.93. The smallest absolute Gasteiger partial charge is 0.208 e. The number of Topliss-reactive ketones (excluding diaryl/α,β-unsaturated/α-hetero) is 1. The molecule has 3 aromatic heterocycles. The van der Waals surface area contributed by atoms with Gasteiger partial charge in [0.25, 0.3) is 0 Å². The molecule has 0 radical (unpaired) electrons. The van der Waals surface area contributed by atoms with Crippen molar-refractivity contribution in [2.45, 2.75) is 51.6 Å². The van der Waals surface area contributed by atoms with Gasteiger partial charge in [-0.1, -0.05) is 18.6 Å². The topological polar surface area (TPSA) is 80.3 Å². The Labute approximate surface area is 223 Å². The van der Waals surface area contributed by atoms with Gasteiger partial charge >= 0.3 is 0 Å². The van der Waals surface area contributed by atoms with Crippen molar-refractivity contribution in [3.05, 3.63) is 66.4 Å². The molecule has 0 saturated carbocycles. The predicted molar refractivity (Wildman–Crippen MR) is 146 cm³/mol. The molecule has 6 rings (SSSR count). The van der Waals surface area contributed by atoms with Gasteiger partial charge in [0.05, 0.1) is 24.6 Å². The van der Waals surface area contributed by atoms with E-state index in [9.17, 15) is 4.79 Å². The Balaban J connectivity index is 1.13. The number of oxazole rings is 1. The van der Waals surface area contributed by atoms with Crippen LogP contribution in [0.25, 0.3) is 21.9 Å². The van der Waals surface area contributed by atoms with Crippen LogP contribution in [0.1, 0.15) is 49.4 Å². The van der Waals surface area contributed by atoms with Crippen LogP contribution >= 0.6 is 0 Å². The number of carbonyl (C=O) groups excluding carboxylic acids is 1. The second-order valence-corrected chi connectivity index (χ2v) is 10.8. The first-order valence-corrected chi connectivity index (χ1v) is 13.9. The lowest BCUT2D eigenvalue weighted by Crippen LogP contribution is -2.36. The van der Waals surface area contributed by atoms with Crippen LogP contribution in [0.2, 0.25) is 0 Å². The normalized spacial score (nSPS) is 17.8. The number of rotatable bonds is 8. The average Bonchev–Trinajstić information content (AvgIpc) is 3.59. The van der Waals surface area contributed by atoms with Crippen LogP contribution in [-0.4, -0.2) is 61.5 Å². The van der Waals surface area contributed by atoms with Gasteiger partial charge in [-0.15, -0.1) is 0 Å². The zero-order valence-corrected chi connectivity index (χ0v) is 22.2. The molecule has 5 heterocycles. The number of ketones is 1. The Morgan fingerprint density at radius 2 is 1.76 bits per heavy atom. The van der Waals surface area contributed by atoms with Gasteiger partial charge in [-0.05, 0) is 74.9 Å². The summed E-state index contributed by atoms with van der Waals surface area (Å²) in [6, 6.07) is 8.61. The second kappa shape index (κ2) is 11.2. The number of carbonyl (C=O) groups is 1. The minimum Gasteiger partial charge on any atom is -0.448 e. The molecule has 0 aliphatic carbocycles. The highest BCUT2D eigenvalue weighted by Crippen LogP contribution is 2.29. The standard InChI is InChI=1S/C30H36N6O2/c1-34-28(20-35-10-3-2-4-11-35)27(19-33-34)23-5-6-24-18-32-26(16-25(24)15-23)17-29(37)22-7-12-36(13-8-22)21-30-31-9-14-38-30/h5-6,9,14-16,18-19,22H,2-4,7-8,10-13,17,20-21H2,1H3. The molecule has 0 unspecified atom stereocenters. The van der Waals surface area contributed by atoms with E-state index in [0.717, 1.165) is 67.9 Å². The minimum absolute atomic E-state index is 0.0902. The van der Waals surface area contributed by atoms with Crippen LogP contribution in [0, 0.1) is 5.92 Å². The molecule has 4 aromatic rings. The highest BCUT2D eigenvalue weighted by atomic mass is 16.3. The zero-order valence-electron chi connectivity index (χ0n) is 22.2. The number of benzene rings is 1. The van der Waals surface area contributed by atoms with E-state index in [1.165, 1.54) is 36.1 Å². The molecule has 8 heteroatoms. The summed E-state index contributed by atoms with van der Waals surface area (Å²) in [6.45, 7) is 5.73. The van der Waals surface area contributed by atoms with Gasteiger partial charge in [0.15, 0.2) is 0 Å². The second-order valence-electron chi connectivity index (χ2n) is 10.8. The largest absolute Gasteiger partial charge is 0.448 e. The molecule has 2 aliphatic heterocycles. The van der Waals surface area contributed by atoms with Gasteiger partial charge < -0.3 is 4.42 Å². The van der Waals surface area contributed by atoms with Crippen molar-refractivity contribution in [2.24, 2.45) is 13.0 Å². The van der Waals surface area contributed by atoms with E-state index in [1.54, 1.807) is 12.5 Å². The Kier molecular flexibility index (Phi) is 7.33. The summed E-state index contributed by atoms with van der Waals surface area (Å²) in [5.41, 5.74) is 4.46. The molecule has 2 aliphatic rings. The number of hydrogen-bond acceptors (Lipinski definition) is 7. The number of aryl methyl sites for hydroxylation is 1. The SMILES string of the molecule is Cn1ncc(-c2ccc3cnc(CC(=O)C4CCN(Cc5ncco5)CC4)cc3c2)c1CN1CCCCC1. The maximum Gasteiger partial charge on any atom is 0.208 e. The molecule has 2 fully saturated rings. The maximum absolute atomic E-state index is 13.1. The zero-order chi connectivity index (χ0) is 25.9. The molecular weight excluding hydrogens is 476 g/mol. The number of aromatic nitrogens is 4. The molecule has 1 aromatic carbocycles. The molecular formula is C30H36N6O2. The summed E-state index contributed by atoms with van der Waals surface area (Å²) in [7, 11) is 2.04. The van der Waals surface area contributed by atoms with Crippen molar-refractivity contribution in [3.63, 3.8) is 0 Å². The number of hydrogen-bond donors (Lipinski definition) is 0. The third kappa shape index (κ3) is 5.56. The molecule has 198 valence electrons. The van der Waals surface area contributed by atoms with Gasteiger partial charge in [-0.3, -0.25) is 24.3 Å². The monoisotopic (exact) mass is 512 g/mol. The molecule has 8 nitrogen and oxygen atoms in total. The van der Waals surface area contributed by atoms with Crippen molar-refractivity contribution in [2.75, 3.05) is 26.2 Å². The number of likely N-dealkylation sites (tertiary alicyclic amines) is 2. The Bertz CT molecular complexity index is 1380. The lowest BCUT2D eigenvalue weighted by Gasteiger charge is -2.30. The lowest BCUT2D eigenvalue weighted by atomic mass is 9.90. The van der Waals surface area contributed by atoms with Crippen molar-refractivity contribution >= 4 is 16.6 Å². The maximum atomic E-state index is 13.1. The Hall–Kier alpha value is -3.36. The molecule has 0 atom stereocenters. The number of nitrogens with zero attached hydrogens (tertiary/aromatic N) is 6. The van der Waals surface area contributed by atoms with E-state index in [1.807, 2.05) is 24.1 Å². The van der Waals surface area contributed by atoms with Crippen molar-refractivity contribution in [1.29, 1.82) is 0 Å². The predicted octanol–water partition coefficient (Wildman–Crippen LogP) is 4.63. The van der Waals surface area contributed by atoms with Gasteiger partial charge in [0.2, 0.25) is 5.89 Å². The average molecular weight is 513 g/mol. The molecule has 2 saturated heterocycles. The van der Waals surface area contributed by atoms with Crippen LogP contribution in [0.4, 0.5) is 0 Å². The number of fused-ring (bicyclic) bond motifs is 1. The summed E-state index contributed by atoms with van der Waals surface area (Å²) < 4.78 is 7.38.